The summed E-state index contributed by atoms with van der Waals surface area (Å²) in [6, 6.07) is 1.40. The standard InChI is InChI=1S/C10H9ClO4/c1-2-5-6(10(12)13)3-7(11)9-8(5)14-4-15-9/h3H,2,4H2,1H3,(H,12,13). The zero-order valence-corrected chi connectivity index (χ0v) is 8.80. The second kappa shape index (κ2) is 3.62. The third kappa shape index (κ3) is 1.51. The molecule has 2 rings (SSSR count). The Kier molecular flexibility index (Phi) is 2.44. The zero-order chi connectivity index (χ0) is 11.0. The largest absolute Gasteiger partial charge is 0.478 e. The van der Waals surface area contributed by atoms with Gasteiger partial charge >= 0.3 is 5.97 Å². The van der Waals surface area contributed by atoms with Crippen LogP contribution in [0.3, 0.4) is 0 Å². The van der Waals surface area contributed by atoms with Crippen molar-refractivity contribution in [1.29, 1.82) is 0 Å². The van der Waals surface area contributed by atoms with E-state index in [1.807, 2.05) is 6.92 Å². The maximum absolute atomic E-state index is 11.0. The first-order chi connectivity index (χ1) is 7.15. The van der Waals surface area contributed by atoms with Gasteiger partial charge in [0.15, 0.2) is 11.5 Å². The van der Waals surface area contributed by atoms with Crippen molar-refractivity contribution in [3.8, 4) is 11.5 Å². The number of fused-ring (bicyclic) bond motifs is 1. The van der Waals surface area contributed by atoms with Gasteiger partial charge in [-0.15, -0.1) is 0 Å². The monoisotopic (exact) mass is 228 g/mol. The molecule has 1 aliphatic rings. The predicted octanol–water partition coefficient (Wildman–Crippen LogP) is 2.33. The average Bonchev–Trinajstić information content (AvgIpc) is 2.66. The molecule has 1 aliphatic heterocycles. The molecule has 5 heteroatoms. The number of carboxylic acids is 1. The Hall–Kier alpha value is -1.42. The summed E-state index contributed by atoms with van der Waals surface area (Å²) in [7, 11) is 0. The van der Waals surface area contributed by atoms with Crippen LogP contribution in [0.4, 0.5) is 0 Å². The van der Waals surface area contributed by atoms with Gasteiger partial charge < -0.3 is 14.6 Å². The van der Waals surface area contributed by atoms with Crippen LogP contribution in [0.1, 0.15) is 22.8 Å². The number of carboxylic acid groups (broad SMARTS) is 1. The van der Waals surface area contributed by atoms with Crippen LogP contribution in [-0.4, -0.2) is 17.9 Å². The average molecular weight is 229 g/mol. The van der Waals surface area contributed by atoms with Gasteiger partial charge in [0.25, 0.3) is 0 Å². The maximum atomic E-state index is 11.0. The highest BCUT2D eigenvalue weighted by molar-refractivity contribution is 6.32. The Bertz CT molecular complexity index is 428. The Labute approximate surface area is 91.4 Å². The molecule has 1 aromatic rings. The minimum Gasteiger partial charge on any atom is -0.478 e. The molecule has 0 aliphatic carbocycles. The zero-order valence-electron chi connectivity index (χ0n) is 8.04. The molecule has 0 unspecified atom stereocenters. The number of ether oxygens (including phenoxy) is 2. The lowest BCUT2D eigenvalue weighted by molar-refractivity contribution is 0.0695. The van der Waals surface area contributed by atoms with Crippen LogP contribution in [-0.2, 0) is 6.42 Å². The Balaban J connectivity index is 2.68. The minimum atomic E-state index is -1.01. The maximum Gasteiger partial charge on any atom is 0.336 e. The van der Waals surface area contributed by atoms with E-state index in [2.05, 4.69) is 0 Å². The first-order valence-corrected chi connectivity index (χ1v) is 4.87. The van der Waals surface area contributed by atoms with Crippen molar-refractivity contribution in [3.63, 3.8) is 0 Å². The van der Waals surface area contributed by atoms with E-state index in [9.17, 15) is 4.79 Å². The molecule has 1 aromatic carbocycles. The number of benzene rings is 1. The van der Waals surface area contributed by atoms with Gasteiger partial charge in [0.1, 0.15) is 0 Å². The third-order valence-electron chi connectivity index (χ3n) is 2.28. The van der Waals surface area contributed by atoms with Crippen molar-refractivity contribution < 1.29 is 19.4 Å². The summed E-state index contributed by atoms with van der Waals surface area (Å²) in [5, 5.41) is 9.27. The van der Waals surface area contributed by atoms with Gasteiger partial charge in [-0.1, -0.05) is 18.5 Å². The number of carbonyl (C=O) groups is 1. The summed E-state index contributed by atoms with van der Waals surface area (Å²) in [5.41, 5.74) is 0.797. The summed E-state index contributed by atoms with van der Waals surface area (Å²) in [6.07, 6.45) is 0.560. The smallest absolute Gasteiger partial charge is 0.336 e. The van der Waals surface area contributed by atoms with Crippen molar-refractivity contribution in [2.45, 2.75) is 13.3 Å². The second-order valence-electron chi connectivity index (χ2n) is 3.11. The number of rotatable bonds is 2. The topological polar surface area (TPSA) is 55.8 Å². The molecule has 1 N–H and O–H groups in total. The molecule has 1 heterocycles. The fourth-order valence-electron chi connectivity index (χ4n) is 1.62. The molecule has 0 saturated carbocycles. The molecule has 0 bridgehead atoms. The molecule has 4 nitrogen and oxygen atoms in total. The number of hydrogen-bond acceptors (Lipinski definition) is 3. The fourth-order valence-corrected chi connectivity index (χ4v) is 1.87. The normalized spacial score (nSPS) is 12.9. The Morgan fingerprint density at radius 2 is 2.20 bits per heavy atom. The van der Waals surface area contributed by atoms with Crippen LogP contribution in [0, 0.1) is 0 Å². The van der Waals surface area contributed by atoms with Crippen molar-refractivity contribution >= 4 is 17.6 Å². The van der Waals surface area contributed by atoms with Crippen molar-refractivity contribution in [1.82, 2.24) is 0 Å². The SMILES string of the molecule is CCc1c(C(=O)O)cc(Cl)c2c1OCO2. The van der Waals surface area contributed by atoms with Crippen molar-refractivity contribution in [2.24, 2.45) is 0 Å². The van der Waals surface area contributed by atoms with Crippen LogP contribution < -0.4 is 9.47 Å². The van der Waals surface area contributed by atoms with Gasteiger partial charge in [0.2, 0.25) is 6.79 Å². The van der Waals surface area contributed by atoms with E-state index in [1.165, 1.54) is 6.07 Å². The third-order valence-corrected chi connectivity index (χ3v) is 2.56. The summed E-state index contributed by atoms with van der Waals surface area (Å²) >= 11 is 5.88. The van der Waals surface area contributed by atoms with Crippen LogP contribution in [0.5, 0.6) is 11.5 Å². The highest BCUT2D eigenvalue weighted by Crippen LogP contribution is 2.43. The van der Waals surface area contributed by atoms with Gasteiger partial charge in [0, 0.05) is 5.56 Å². The lowest BCUT2D eigenvalue weighted by atomic mass is 10.0. The van der Waals surface area contributed by atoms with Crippen LogP contribution in [0.2, 0.25) is 5.02 Å². The first kappa shape index (κ1) is 10.1. The molecule has 0 fully saturated rings. The van der Waals surface area contributed by atoms with E-state index in [1.54, 1.807) is 0 Å². The van der Waals surface area contributed by atoms with E-state index >= 15 is 0 Å². The molecule has 0 spiro atoms. The molecule has 0 aromatic heterocycles. The molecular formula is C10H9ClO4. The van der Waals surface area contributed by atoms with E-state index in [4.69, 9.17) is 26.2 Å². The summed E-state index contributed by atoms with van der Waals surface area (Å²) in [4.78, 5) is 11.0. The molecule has 0 radical (unpaired) electrons. The van der Waals surface area contributed by atoms with E-state index in [-0.39, 0.29) is 17.4 Å². The van der Waals surface area contributed by atoms with Gasteiger partial charge in [-0.2, -0.15) is 0 Å². The summed E-state index contributed by atoms with van der Waals surface area (Å²) in [6.45, 7) is 1.95. The molecule has 0 atom stereocenters. The highest BCUT2D eigenvalue weighted by atomic mass is 35.5. The van der Waals surface area contributed by atoms with E-state index in [0.29, 0.717) is 23.5 Å². The van der Waals surface area contributed by atoms with E-state index in [0.717, 1.165) is 0 Å². The minimum absolute atomic E-state index is 0.0884. The lowest BCUT2D eigenvalue weighted by Gasteiger charge is -2.08. The summed E-state index contributed by atoms with van der Waals surface area (Å²) < 4.78 is 10.4. The Morgan fingerprint density at radius 3 is 2.80 bits per heavy atom. The molecular weight excluding hydrogens is 220 g/mol. The quantitative estimate of drug-likeness (QED) is 0.844. The van der Waals surface area contributed by atoms with Gasteiger partial charge in [-0.25, -0.2) is 4.79 Å². The van der Waals surface area contributed by atoms with Gasteiger partial charge in [0.05, 0.1) is 10.6 Å². The van der Waals surface area contributed by atoms with Crippen LogP contribution in [0.15, 0.2) is 6.07 Å². The summed E-state index contributed by atoms with van der Waals surface area (Å²) in [5.74, 6) is -0.104. The van der Waals surface area contributed by atoms with E-state index < -0.39 is 5.97 Å². The predicted molar refractivity (Wildman–Crippen MR) is 53.9 cm³/mol. The van der Waals surface area contributed by atoms with Gasteiger partial charge in [-0.3, -0.25) is 0 Å². The fraction of sp³-hybridized carbons (Fsp3) is 0.300. The molecule has 0 saturated heterocycles. The number of hydrogen-bond donors (Lipinski definition) is 1. The van der Waals surface area contributed by atoms with Crippen LogP contribution >= 0.6 is 11.6 Å². The second-order valence-corrected chi connectivity index (χ2v) is 3.52. The van der Waals surface area contributed by atoms with Crippen molar-refractivity contribution in [3.05, 3.63) is 22.2 Å². The highest BCUT2D eigenvalue weighted by Gasteiger charge is 2.25. The van der Waals surface area contributed by atoms with Gasteiger partial charge in [-0.05, 0) is 12.5 Å². The lowest BCUT2D eigenvalue weighted by Crippen LogP contribution is -2.03. The Morgan fingerprint density at radius 1 is 1.53 bits per heavy atom. The first-order valence-electron chi connectivity index (χ1n) is 4.49. The van der Waals surface area contributed by atoms with Crippen LogP contribution in [0.25, 0.3) is 0 Å². The molecule has 15 heavy (non-hydrogen) atoms. The number of aromatic carboxylic acids is 1. The number of halogens is 1. The molecule has 80 valence electrons. The molecule has 0 amide bonds. The van der Waals surface area contributed by atoms with Crippen molar-refractivity contribution in [2.75, 3.05) is 6.79 Å².